The summed E-state index contributed by atoms with van der Waals surface area (Å²) < 4.78 is 0. The zero-order chi connectivity index (χ0) is 18.6. The number of amides is 3. The Balaban J connectivity index is 1.98. The van der Waals surface area contributed by atoms with E-state index in [1.807, 2.05) is 12.1 Å². The summed E-state index contributed by atoms with van der Waals surface area (Å²) in [6.45, 7) is 6.28. The SMILES string of the molecule is CC(C)(C)c1ccc(NC(=O)C(=O)Nc2ccc(C(N)=O)cc2)cc1. The Kier molecular flexibility index (Phi) is 5.22. The second kappa shape index (κ2) is 7.17. The van der Waals surface area contributed by atoms with Crippen LogP contribution in [-0.4, -0.2) is 17.7 Å². The van der Waals surface area contributed by atoms with E-state index >= 15 is 0 Å². The fourth-order valence-electron chi connectivity index (χ4n) is 2.15. The molecule has 6 heteroatoms. The van der Waals surface area contributed by atoms with Crippen molar-refractivity contribution < 1.29 is 14.4 Å². The number of nitrogens with two attached hydrogens (primary N) is 1. The average molecular weight is 339 g/mol. The quantitative estimate of drug-likeness (QED) is 0.749. The molecule has 0 aliphatic rings. The number of hydrogen-bond donors (Lipinski definition) is 3. The maximum absolute atomic E-state index is 12.0. The molecule has 0 bridgehead atoms. The molecule has 25 heavy (non-hydrogen) atoms. The van der Waals surface area contributed by atoms with Crippen LogP contribution in [-0.2, 0) is 15.0 Å². The van der Waals surface area contributed by atoms with Gasteiger partial charge in [0.15, 0.2) is 0 Å². The lowest BCUT2D eigenvalue weighted by molar-refractivity contribution is -0.132. The molecule has 6 nitrogen and oxygen atoms in total. The molecule has 0 radical (unpaired) electrons. The van der Waals surface area contributed by atoms with Gasteiger partial charge in [0, 0.05) is 16.9 Å². The van der Waals surface area contributed by atoms with Crippen LogP contribution in [0.4, 0.5) is 11.4 Å². The zero-order valence-corrected chi connectivity index (χ0v) is 14.4. The zero-order valence-electron chi connectivity index (χ0n) is 14.4. The lowest BCUT2D eigenvalue weighted by atomic mass is 9.87. The van der Waals surface area contributed by atoms with Gasteiger partial charge in [0.2, 0.25) is 5.91 Å². The summed E-state index contributed by atoms with van der Waals surface area (Å²) in [7, 11) is 0. The molecular formula is C19H21N3O3. The van der Waals surface area contributed by atoms with Crippen LogP contribution in [0.1, 0.15) is 36.7 Å². The highest BCUT2D eigenvalue weighted by molar-refractivity contribution is 6.43. The van der Waals surface area contributed by atoms with E-state index in [2.05, 4.69) is 31.4 Å². The van der Waals surface area contributed by atoms with Crippen molar-refractivity contribution in [3.8, 4) is 0 Å². The maximum Gasteiger partial charge on any atom is 0.314 e. The summed E-state index contributed by atoms with van der Waals surface area (Å²) >= 11 is 0. The van der Waals surface area contributed by atoms with Gasteiger partial charge in [0.05, 0.1) is 0 Å². The molecule has 2 aromatic carbocycles. The van der Waals surface area contributed by atoms with E-state index in [-0.39, 0.29) is 5.41 Å². The van der Waals surface area contributed by atoms with Crippen molar-refractivity contribution in [3.63, 3.8) is 0 Å². The van der Waals surface area contributed by atoms with Crippen LogP contribution < -0.4 is 16.4 Å². The third-order valence-corrected chi connectivity index (χ3v) is 3.64. The second-order valence-electron chi connectivity index (χ2n) is 6.68. The normalized spacial score (nSPS) is 10.8. The summed E-state index contributed by atoms with van der Waals surface area (Å²) in [5, 5.41) is 5.01. The Bertz CT molecular complexity index is 788. The summed E-state index contributed by atoms with van der Waals surface area (Å²) in [5.74, 6) is -2.14. The molecule has 130 valence electrons. The van der Waals surface area contributed by atoms with Crippen LogP contribution in [0.3, 0.4) is 0 Å². The van der Waals surface area contributed by atoms with E-state index in [4.69, 9.17) is 5.73 Å². The average Bonchev–Trinajstić information content (AvgIpc) is 2.55. The molecule has 0 atom stereocenters. The minimum absolute atomic E-state index is 0.0109. The lowest BCUT2D eigenvalue weighted by Gasteiger charge is -2.19. The molecule has 3 amide bonds. The number of primary amides is 1. The van der Waals surface area contributed by atoms with Crippen molar-refractivity contribution >= 4 is 29.1 Å². The van der Waals surface area contributed by atoms with Gasteiger partial charge in [-0.3, -0.25) is 14.4 Å². The number of anilines is 2. The monoisotopic (exact) mass is 339 g/mol. The smallest absolute Gasteiger partial charge is 0.314 e. The van der Waals surface area contributed by atoms with Gasteiger partial charge < -0.3 is 16.4 Å². The predicted octanol–water partition coefficient (Wildman–Crippen LogP) is 2.66. The minimum atomic E-state index is -0.799. The Hall–Kier alpha value is -3.15. The van der Waals surface area contributed by atoms with Gasteiger partial charge in [-0.1, -0.05) is 32.9 Å². The molecule has 0 aliphatic heterocycles. The van der Waals surface area contributed by atoms with Crippen LogP contribution >= 0.6 is 0 Å². The van der Waals surface area contributed by atoms with E-state index in [1.54, 1.807) is 12.1 Å². The molecule has 0 saturated heterocycles. The largest absolute Gasteiger partial charge is 0.366 e. The highest BCUT2D eigenvalue weighted by atomic mass is 16.2. The standard InChI is InChI=1S/C19H21N3O3/c1-19(2,3)13-6-10-15(11-7-13)22-18(25)17(24)21-14-8-4-12(5-9-14)16(20)23/h4-11H,1-3H3,(H2,20,23)(H,21,24)(H,22,25). The molecule has 0 spiro atoms. The Morgan fingerprint density at radius 2 is 1.16 bits per heavy atom. The number of benzene rings is 2. The Morgan fingerprint density at radius 3 is 1.52 bits per heavy atom. The number of rotatable bonds is 3. The highest BCUT2D eigenvalue weighted by Gasteiger charge is 2.16. The van der Waals surface area contributed by atoms with Gasteiger partial charge in [-0.05, 0) is 47.4 Å². The number of carbonyl (C=O) groups excluding carboxylic acids is 3. The first-order chi connectivity index (χ1) is 11.7. The van der Waals surface area contributed by atoms with Crippen LogP contribution in [0.15, 0.2) is 48.5 Å². The molecule has 4 N–H and O–H groups in total. The number of carbonyl (C=O) groups is 3. The van der Waals surface area contributed by atoms with Crippen molar-refractivity contribution in [2.24, 2.45) is 5.73 Å². The molecule has 2 rings (SSSR count). The van der Waals surface area contributed by atoms with Crippen molar-refractivity contribution in [2.75, 3.05) is 10.6 Å². The first kappa shape index (κ1) is 18.2. The van der Waals surface area contributed by atoms with E-state index in [9.17, 15) is 14.4 Å². The molecule has 0 unspecified atom stereocenters. The molecule has 0 aliphatic carbocycles. The highest BCUT2D eigenvalue weighted by Crippen LogP contribution is 2.23. The second-order valence-corrected chi connectivity index (χ2v) is 6.68. The first-order valence-corrected chi connectivity index (χ1v) is 7.79. The molecular weight excluding hydrogens is 318 g/mol. The topological polar surface area (TPSA) is 101 Å². The summed E-state index contributed by atoms with van der Waals surface area (Å²) in [6, 6.07) is 13.3. The molecule has 0 saturated carbocycles. The molecule has 0 aromatic heterocycles. The number of hydrogen-bond acceptors (Lipinski definition) is 3. The minimum Gasteiger partial charge on any atom is -0.366 e. The van der Waals surface area contributed by atoms with Crippen LogP contribution in [0.2, 0.25) is 0 Å². The summed E-state index contributed by atoms with van der Waals surface area (Å²) in [6.07, 6.45) is 0. The van der Waals surface area contributed by atoms with Gasteiger partial charge in [-0.2, -0.15) is 0 Å². The maximum atomic E-state index is 12.0. The molecule has 2 aromatic rings. The van der Waals surface area contributed by atoms with E-state index in [1.165, 1.54) is 24.3 Å². The van der Waals surface area contributed by atoms with Gasteiger partial charge >= 0.3 is 11.8 Å². The van der Waals surface area contributed by atoms with Crippen molar-refractivity contribution in [3.05, 3.63) is 59.7 Å². The summed E-state index contributed by atoms with van der Waals surface area (Å²) in [5.41, 5.74) is 7.54. The van der Waals surface area contributed by atoms with E-state index in [0.717, 1.165) is 5.56 Å². The van der Waals surface area contributed by atoms with Crippen LogP contribution in [0.5, 0.6) is 0 Å². The van der Waals surface area contributed by atoms with Crippen molar-refractivity contribution in [2.45, 2.75) is 26.2 Å². The fourth-order valence-corrected chi connectivity index (χ4v) is 2.15. The third kappa shape index (κ3) is 4.91. The molecule has 0 fully saturated rings. The van der Waals surface area contributed by atoms with Crippen LogP contribution in [0.25, 0.3) is 0 Å². The van der Waals surface area contributed by atoms with E-state index < -0.39 is 17.7 Å². The number of nitrogens with one attached hydrogen (secondary N) is 2. The van der Waals surface area contributed by atoms with Crippen molar-refractivity contribution in [1.82, 2.24) is 0 Å². The Labute approximate surface area is 146 Å². The predicted molar refractivity (Wildman–Crippen MR) is 97.4 cm³/mol. The fraction of sp³-hybridized carbons (Fsp3) is 0.211. The van der Waals surface area contributed by atoms with Crippen LogP contribution in [0, 0.1) is 0 Å². The van der Waals surface area contributed by atoms with E-state index in [0.29, 0.717) is 16.9 Å². The first-order valence-electron chi connectivity index (χ1n) is 7.79. The van der Waals surface area contributed by atoms with Gasteiger partial charge in [0.1, 0.15) is 0 Å². The van der Waals surface area contributed by atoms with Crippen molar-refractivity contribution in [1.29, 1.82) is 0 Å². The molecule has 0 heterocycles. The van der Waals surface area contributed by atoms with Gasteiger partial charge in [-0.25, -0.2) is 0 Å². The third-order valence-electron chi connectivity index (χ3n) is 3.64. The van der Waals surface area contributed by atoms with Gasteiger partial charge in [-0.15, -0.1) is 0 Å². The van der Waals surface area contributed by atoms with Gasteiger partial charge in [0.25, 0.3) is 0 Å². The Morgan fingerprint density at radius 1 is 0.760 bits per heavy atom. The summed E-state index contributed by atoms with van der Waals surface area (Å²) in [4.78, 5) is 34.9. The lowest BCUT2D eigenvalue weighted by Crippen LogP contribution is -2.29.